The highest BCUT2D eigenvalue weighted by Crippen LogP contribution is 2.29. The second-order valence-corrected chi connectivity index (χ2v) is 7.34. The molecular weight excluding hydrogens is 266 g/mol. The molecule has 0 atom stereocenters. The first-order chi connectivity index (χ1) is 9.03. The molecule has 0 spiro atoms. The van der Waals surface area contributed by atoms with E-state index in [-0.39, 0.29) is 11.8 Å². The van der Waals surface area contributed by atoms with Crippen molar-refractivity contribution in [1.29, 1.82) is 0 Å². The van der Waals surface area contributed by atoms with E-state index in [4.69, 9.17) is 13.3 Å². The maximum absolute atomic E-state index is 9.93. The van der Waals surface area contributed by atoms with Crippen LogP contribution >= 0.6 is 0 Å². The predicted molar refractivity (Wildman–Crippen MR) is 73.3 cm³/mol. The Labute approximate surface area is 114 Å². The molecule has 6 nitrogen and oxygen atoms in total. The molecule has 1 heterocycles. The summed E-state index contributed by atoms with van der Waals surface area (Å²) in [5.74, 6) is 0.211. The van der Waals surface area contributed by atoms with Gasteiger partial charge in [0.2, 0.25) is 0 Å². The van der Waals surface area contributed by atoms with E-state index >= 15 is 0 Å². The van der Waals surface area contributed by atoms with Crippen LogP contribution in [0.4, 0.5) is 0 Å². The fourth-order valence-electron chi connectivity index (χ4n) is 2.13. The van der Waals surface area contributed by atoms with Gasteiger partial charge in [0.25, 0.3) is 0 Å². The average Bonchev–Trinajstić information content (AvgIpc) is 2.70. The standard InChI is InChI=1S/C12H23NO5Si/c1-5-13-11(14)9-10(12(13)15)7-6-8-19(16-2,17-3)18-4/h9,14-15H,5-8H2,1-4H3. The average molecular weight is 289 g/mol. The van der Waals surface area contributed by atoms with Gasteiger partial charge in [0, 0.05) is 45.5 Å². The number of hydrogen-bond acceptors (Lipinski definition) is 5. The van der Waals surface area contributed by atoms with E-state index in [1.807, 2.05) is 6.92 Å². The van der Waals surface area contributed by atoms with Crippen LogP contribution in [0, 0.1) is 0 Å². The summed E-state index contributed by atoms with van der Waals surface area (Å²) in [6.45, 7) is 2.40. The van der Waals surface area contributed by atoms with Gasteiger partial charge in [-0.3, -0.25) is 4.57 Å². The highest BCUT2D eigenvalue weighted by Gasteiger charge is 2.36. The first-order valence-corrected chi connectivity index (χ1v) is 8.22. The SMILES string of the molecule is CCn1c(O)cc(CCC[Si](OC)(OC)OC)c1O. The van der Waals surface area contributed by atoms with Crippen molar-refractivity contribution in [2.75, 3.05) is 21.3 Å². The van der Waals surface area contributed by atoms with Crippen molar-refractivity contribution >= 4 is 8.80 Å². The fraction of sp³-hybridized carbons (Fsp3) is 0.667. The van der Waals surface area contributed by atoms with Crippen molar-refractivity contribution in [3.63, 3.8) is 0 Å². The van der Waals surface area contributed by atoms with Gasteiger partial charge in [0.15, 0.2) is 11.8 Å². The first-order valence-electron chi connectivity index (χ1n) is 6.29. The molecule has 1 aromatic heterocycles. The molecule has 0 unspecified atom stereocenters. The summed E-state index contributed by atoms with van der Waals surface area (Å²) in [5.41, 5.74) is 0.727. The van der Waals surface area contributed by atoms with Gasteiger partial charge in [-0.1, -0.05) is 0 Å². The number of aromatic nitrogens is 1. The van der Waals surface area contributed by atoms with Crippen LogP contribution in [0.1, 0.15) is 18.9 Å². The van der Waals surface area contributed by atoms with Gasteiger partial charge in [-0.25, -0.2) is 0 Å². The lowest BCUT2D eigenvalue weighted by Gasteiger charge is -2.24. The molecule has 0 aromatic carbocycles. The molecule has 7 heteroatoms. The van der Waals surface area contributed by atoms with Crippen LogP contribution in [0.25, 0.3) is 0 Å². The normalized spacial score (nSPS) is 12.0. The van der Waals surface area contributed by atoms with E-state index in [0.717, 1.165) is 12.0 Å². The minimum Gasteiger partial charge on any atom is -0.494 e. The highest BCUT2D eigenvalue weighted by molar-refractivity contribution is 6.60. The van der Waals surface area contributed by atoms with Crippen molar-refractivity contribution < 1.29 is 23.5 Å². The predicted octanol–water partition coefficient (Wildman–Crippen LogP) is 1.73. The summed E-state index contributed by atoms with van der Waals surface area (Å²) in [5, 5.41) is 19.6. The Morgan fingerprint density at radius 1 is 1.16 bits per heavy atom. The van der Waals surface area contributed by atoms with Crippen LogP contribution in [0.5, 0.6) is 11.8 Å². The Balaban J connectivity index is 2.63. The van der Waals surface area contributed by atoms with Crippen molar-refractivity contribution in [2.24, 2.45) is 0 Å². The van der Waals surface area contributed by atoms with E-state index in [1.165, 1.54) is 4.57 Å². The first kappa shape index (κ1) is 16.0. The van der Waals surface area contributed by atoms with Gasteiger partial charge in [-0.15, -0.1) is 0 Å². The Kier molecular flexibility index (Phi) is 5.86. The third kappa shape index (κ3) is 3.50. The molecule has 0 saturated carbocycles. The Bertz CT molecular complexity index is 395. The minimum atomic E-state index is -2.55. The van der Waals surface area contributed by atoms with Crippen molar-refractivity contribution in [3.05, 3.63) is 11.6 Å². The Morgan fingerprint density at radius 3 is 2.16 bits per heavy atom. The van der Waals surface area contributed by atoms with Crippen molar-refractivity contribution in [1.82, 2.24) is 4.57 Å². The van der Waals surface area contributed by atoms with Gasteiger partial charge < -0.3 is 23.5 Å². The van der Waals surface area contributed by atoms with E-state index in [2.05, 4.69) is 0 Å². The third-order valence-corrected chi connectivity index (χ3v) is 6.13. The fourth-order valence-corrected chi connectivity index (χ4v) is 3.85. The number of aromatic hydroxyl groups is 2. The van der Waals surface area contributed by atoms with Crippen molar-refractivity contribution in [3.8, 4) is 11.8 Å². The molecular formula is C12H23NO5Si. The van der Waals surface area contributed by atoms with Crippen LogP contribution in [-0.2, 0) is 26.2 Å². The summed E-state index contributed by atoms with van der Waals surface area (Å²) < 4.78 is 17.5. The molecule has 2 N–H and O–H groups in total. The lowest BCUT2D eigenvalue weighted by molar-refractivity contribution is 0.123. The van der Waals surface area contributed by atoms with Crippen LogP contribution in [0.3, 0.4) is 0 Å². The molecule has 0 aliphatic carbocycles. The van der Waals surface area contributed by atoms with Gasteiger partial charge in [0.1, 0.15) is 0 Å². The van der Waals surface area contributed by atoms with Crippen LogP contribution in [0.2, 0.25) is 6.04 Å². The van der Waals surface area contributed by atoms with Gasteiger partial charge in [-0.2, -0.15) is 0 Å². The molecule has 1 rings (SSSR count). The van der Waals surface area contributed by atoms with E-state index in [1.54, 1.807) is 27.4 Å². The van der Waals surface area contributed by atoms with Crippen LogP contribution < -0.4 is 0 Å². The van der Waals surface area contributed by atoms with E-state index < -0.39 is 8.80 Å². The molecule has 0 amide bonds. The molecule has 0 aliphatic heterocycles. The monoisotopic (exact) mass is 289 g/mol. The number of rotatable bonds is 8. The summed E-state index contributed by atoms with van der Waals surface area (Å²) in [6, 6.07) is 2.25. The molecule has 0 aliphatic rings. The second kappa shape index (κ2) is 6.95. The van der Waals surface area contributed by atoms with Crippen molar-refractivity contribution in [2.45, 2.75) is 32.4 Å². The van der Waals surface area contributed by atoms with E-state index in [0.29, 0.717) is 19.0 Å². The lowest BCUT2D eigenvalue weighted by Crippen LogP contribution is -2.42. The molecule has 1 aromatic rings. The molecule has 110 valence electrons. The van der Waals surface area contributed by atoms with Crippen LogP contribution in [-0.4, -0.2) is 44.9 Å². The number of nitrogens with zero attached hydrogens (tertiary/aromatic N) is 1. The summed E-state index contributed by atoms with van der Waals surface area (Å²) in [6.07, 6.45) is 1.39. The summed E-state index contributed by atoms with van der Waals surface area (Å²) >= 11 is 0. The molecule has 19 heavy (non-hydrogen) atoms. The summed E-state index contributed by atoms with van der Waals surface area (Å²) in [4.78, 5) is 0. The zero-order valence-electron chi connectivity index (χ0n) is 12.0. The number of aryl methyl sites for hydroxylation is 1. The highest BCUT2D eigenvalue weighted by atomic mass is 28.4. The maximum Gasteiger partial charge on any atom is 0.500 e. The van der Waals surface area contributed by atoms with E-state index in [9.17, 15) is 10.2 Å². The van der Waals surface area contributed by atoms with Gasteiger partial charge in [-0.05, 0) is 19.8 Å². The second-order valence-electron chi connectivity index (χ2n) is 4.24. The molecule has 0 fully saturated rings. The van der Waals surface area contributed by atoms with Crippen LogP contribution in [0.15, 0.2) is 6.07 Å². The smallest absolute Gasteiger partial charge is 0.494 e. The van der Waals surface area contributed by atoms with Gasteiger partial charge in [0.05, 0.1) is 0 Å². The third-order valence-electron chi connectivity index (χ3n) is 3.30. The summed E-state index contributed by atoms with van der Waals surface area (Å²) in [7, 11) is 2.18. The maximum atomic E-state index is 9.93. The van der Waals surface area contributed by atoms with Gasteiger partial charge >= 0.3 is 8.80 Å². The Morgan fingerprint density at radius 2 is 1.74 bits per heavy atom. The zero-order chi connectivity index (χ0) is 14.5. The molecule has 0 saturated heterocycles. The Hall–Kier alpha value is -1.02. The lowest BCUT2D eigenvalue weighted by atomic mass is 10.2. The molecule has 0 bridgehead atoms. The zero-order valence-corrected chi connectivity index (χ0v) is 13.0. The molecule has 0 radical (unpaired) electrons. The quantitative estimate of drug-likeness (QED) is 0.713. The topological polar surface area (TPSA) is 73.1 Å². The largest absolute Gasteiger partial charge is 0.500 e. The minimum absolute atomic E-state index is 0.0868. The number of hydrogen-bond donors (Lipinski definition) is 2.